The van der Waals surface area contributed by atoms with Crippen molar-refractivity contribution in [3.05, 3.63) is 87.7 Å². The van der Waals surface area contributed by atoms with Crippen molar-refractivity contribution in [2.45, 2.75) is 32.5 Å². The Morgan fingerprint density at radius 1 is 1.03 bits per heavy atom. The third kappa shape index (κ3) is 7.53. The van der Waals surface area contributed by atoms with Crippen molar-refractivity contribution in [3.63, 3.8) is 0 Å². The summed E-state index contributed by atoms with van der Waals surface area (Å²) in [7, 11) is 0. The number of thioether (sulfide) groups is 1. The van der Waals surface area contributed by atoms with Gasteiger partial charge in [-0.25, -0.2) is 15.4 Å². The lowest BCUT2D eigenvalue weighted by atomic mass is 10.1. The Labute approximate surface area is 228 Å². The summed E-state index contributed by atoms with van der Waals surface area (Å²) in [5, 5.41) is 7.02. The number of benzene rings is 3. The highest BCUT2D eigenvalue weighted by atomic mass is 79.9. The molecule has 0 aliphatic heterocycles. The Morgan fingerprint density at radius 3 is 2.54 bits per heavy atom. The molecule has 3 aromatic carbocycles. The molecule has 0 aliphatic rings. The van der Waals surface area contributed by atoms with Gasteiger partial charge in [-0.3, -0.25) is 4.79 Å². The molecule has 0 saturated carbocycles. The van der Waals surface area contributed by atoms with Gasteiger partial charge in [-0.2, -0.15) is 5.10 Å². The van der Waals surface area contributed by atoms with Crippen LogP contribution in [0.2, 0.25) is 0 Å². The smallest absolute Gasteiger partial charge is 0.250 e. The highest BCUT2D eigenvalue weighted by molar-refractivity contribution is 9.10. The summed E-state index contributed by atoms with van der Waals surface area (Å²) in [5.74, 6) is 1.12. The monoisotopic (exact) mass is 578 g/mol. The first kappa shape index (κ1) is 26.6. The number of hydrogen-bond acceptors (Lipinski definition) is 7. The van der Waals surface area contributed by atoms with Crippen LogP contribution < -0.4 is 14.9 Å². The lowest BCUT2D eigenvalue weighted by Gasteiger charge is -2.15. The molecular formula is C28H27BrN4O3S. The van der Waals surface area contributed by atoms with Gasteiger partial charge in [0.1, 0.15) is 6.61 Å². The zero-order valence-electron chi connectivity index (χ0n) is 20.8. The molecule has 37 heavy (non-hydrogen) atoms. The van der Waals surface area contributed by atoms with Crippen LogP contribution in [0.1, 0.15) is 29.4 Å². The van der Waals surface area contributed by atoms with Crippen molar-refractivity contribution >= 4 is 50.6 Å². The number of nitrogens with one attached hydrogen (secondary N) is 1. The van der Waals surface area contributed by atoms with Gasteiger partial charge in [-0.05, 0) is 82.9 Å². The lowest BCUT2D eigenvalue weighted by Crippen LogP contribution is -2.19. The fourth-order valence-corrected chi connectivity index (χ4v) is 4.96. The SMILES string of the molecule is CCOc1cc(/C=N\NC(=O)CSc2nc(C)cc(C)n2)cc(Br)c1OCc1ccc2ccccc2c1. The van der Waals surface area contributed by atoms with Gasteiger partial charge >= 0.3 is 0 Å². The zero-order chi connectivity index (χ0) is 26.2. The van der Waals surface area contributed by atoms with Gasteiger partial charge in [0.25, 0.3) is 5.91 Å². The molecule has 0 aliphatic carbocycles. The normalized spacial score (nSPS) is 11.1. The molecule has 4 aromatic rings. The fraction of sp³-hybridized carbons (Fsp3) is 0.214. The topological polar surface area (TPSA) is 85.7 Å². The number of rotatable bonds is 10. The maximum absolute atomic E-state index is 12.2. The molecule has 1 aromatic heterocycles. The summed E-state index contributed by atoms with van der Waals surface area (Å²) < 4.78 is 12.7. The number of aryl methyl sites for hydroxylation is 2. The van der Waals surface area contributed by atoms with Crippen LogP contribution >= 0.6 is 27.7 Å². The molecule has 9 heteroatoms. The van der Waals surface area contributed by atoms with Gasteiger partial charge in [0.2, 0.25) is 0 Å². The number of nitrogens with zero attached hydrogens (tertiary/aromatic N) is 3. The quantitative estimate of drug-likeness (QED) is 0.104. The van der Waals surface area contributed by atoms with E-state index in [0.29, 0.717) is 29.9 Å². The van der Waals surface area contributed by atoms with Crippen LogP contribution in [0.25, 0.3) is 10.8 Å². The van der Waals surface area contributed by atoms with E-state index >= 15 is 0 Å². The first-order valence-electron chi connectivity index (χ1n) is 11.7. The third-order valence-corrected chi connectivity index (χ3v) is 6.66. The van der Waals surface area contributed by atoms with E-state index in [9.17, 15) is 4.79 Å². The summed E-state index contributed by atoms with van der Waals surface area (Å²) in [6.07, 6.45) is 1.57. The largest absolute Gasteiger partial charge is 0.490 e. The first-order valence-corrected chi connectivity index (χ1v) is 13.5. The minimum Gasteiger partial charge on any atom is -0.490 e. The number of hydrogen-bond donors (Lipinski definition) is 1. The standard InChI is InChI=1S/C28H27BrN4O3S/c1-4-35-25-14-21(15-30-33-26(34)17-37-28-31-18(2)11-19(3)32-28)13-24(29)27(25)36-16-20-9-10-22-7-5-6-8-23(22)12-20/h5-15H,4,16-17H2,1-3H3,(H,33,34)/b30-15-. The number of ether oxygens (including phenoxy) is 2. The number of hydrazone groups is 1. The number of fused-ring (bicyclic) bond motifs is 1. The predicted molar refractivity (Wildman–Crippen MR) is 152 cm³/mol. The molecule has 1 N–H and O–H groups in total. The van der Waals surface area contributed by atoms with E-state index in [2.05, 4.69) is 66.8 Å². The summed E-state index contributed by atoms with van der Waals surface area (Å²) >= 11 is 4.86. The van der Waals surface area contributed by atoms with Crippen molar-refractivity contribution < 1.29 is 14.3 Å². The van der Waals surface area contributed by atoms with Gasteiger partial charge in [0.15, 0.2) is 16.7 Å². The Morgan fingerprint density at radius 2 is 1.78 bits per heavy atom. The Hall–Kier alpha value is -3.43. The second kappa shape index (κ2) is 12.7. The second-order valence-electron chi connectivity index (χ2n) is 8.25. The van der Waals surface area contributed by atoms with E-state index in [1.807, 2.05) is 51.1 Å². The molecule has 1 amide bonds. The number of aromatic nitrogens is 2. The van der Waals surface area contributed by atoms with E-state index in [1.54, 1.807) is 6.21 Å². The van der Waals surface area contributed by atoms with Crippen LogP contribution in [0.4, 0.5) is 0 Å². The van der Waals surface area contributed by atoms with Crippen molar-refractivity contribution in [2.24, 2.45) is 5.10 Å². The summed E-state index contributed by atoms with van der Waals surface area (Å²) in [6, 6.07) is 20.1. The Kier molecular flexibility index (Phi) is 9.14. The fourth-order valence-electron chi connectivity index (χ4n) is 3.65. The molecule has 0 atom stereocenters. The van der Waals surface area contributed by atoms with E-state index in [-0.39, 0.29) is 11.7 Å². The average molecular weight is 580 g/mol. The average Bonchev–Trinajstić information content (AvgIpc) is 2.86. The summed E-state index contributed by atoms with van der Waals surface area (Å²) in [4.78, 5) is 20.9. The van der Waals surface area contributed by atoms with Crippen LogP contribution in [-0.2, 0) is 11.4 Å². The van der Waals surface area contributed by atoms with E-state index < -0.39 is 0 Å². The lowest BCUT2D eigenvalue weighted by molar-refractivity contribution is -0.118. The maximum atomic E-state index is 12.2. The number of amides is 1. The van der Waals surface area contributed by atoms with E-state index in [1.165, 1.54) is 22.5 Å². The van der Waals surface area contributed by atoms with Gasteiger partial charge in [-0.1, -0.05) is 48.2 Å². The van der Waals surface area contributed by atoms with Gasteiger partial charge in [0, 0.05) is 11.4 Å². The van der Waals surface area contributed by atoms with Crippen molar-refractivity contribution in [2.75, 3.05) is 12.4 Å². The molecule has 1 heterocycles. The van der Waals surface area contributed by atoms with Crippen molar-refractivity contribution in [1.29, 1.82) is 0 Å². The molecule has 190 valence electrons. The minimum absolute atomic E-state index is 0.162. The molecule has 0 spiro atoms. The van der Waals surface area contributed by atoms with E-state index in [0.717, 1.165) is 27.0 Å². The summed E-state index contributed by atoms with van der Waals surface area (Å²) in [5.41, 5.74) is 6.09. The molecule has 4 rings (SSSR count). The zero-order valence-corrected chi connectivity index (χ0v) is 23.2. The van der Waals surface area contributed by atoms with Crippen LogP contribution in [0.5, 0.6) is 11.5 Å². The molecule has 0 bridgehead atoms. The van der Waals surface area contributed by atoms with Crippen LogP contribution in [0, 0.1) is 13.8 Å². The highest BCUT2D eigenvalue weighted by Crippen LogP contribution is 2.37. The molecule has 0 fully saturated rings. The molecule has 0 unspecified atom stereocenters. The minimum atomic E-state index is -0.247. The first-order chi connectivity index (χ1) is 17.9. The van der Waals surface area contributed by atoms with Crippen molar-refractivity contribution in [1.82, 2.24) is 15.4 Å². The Bertz CT molecular complexity index is 1420. The van der Waals surface area contributed by atoms with Crippen LogP contribution in [0.3, 0.4) is 0 Å². The number of carbonyl (C=O) groups is 1. The summed E-state index contributed by atoms with van der Waals surface area (Å²) in [6.45, 7) is 6.59. The van der Waals surface area contributed by atoms with Crippen LogP contribution in [-0.4, -0.2) is 34.4 Å². The highest BCUT2D eigenvalue weighted by Gasteiger charge is 2.13. The van der Waals surface area contributed by atoms with Gasteiger partial charge < -0.3 is 9.47 Å². The molecule has 0 radical (unpaired) electrons. The van der Waals surface area contributed by atoms with Gasteiger partial charge in [0.05, 0.1) is 23.0 Å². The maximum Gasteiger partial charge on any atom is 0.250 e. The second-order valence-corrected chi connectivity index (χ2v) is 10.0. The molecule has 7 nitrogen and oxygen atoms in total. The van der Waals surface area contributed by atoms with Crippen molar-refractivity contribution in [3.8, 4) is 11.5 Å². The van der Waals surface area contributed by atoms with Gasteiger partial charge in [-0.15, -0.1) is 0 Å². The Balaban J connectivity index is 1.38. The van der Waals surface area contributed by atoms with Crippen LogP contribution in [0.15, 0.2) is 75.4 Å². The number of halogens is 1. The predicted octanol–water partition coefficient (Wildman–Crippen LogP) is 6.23. The number of carbonyl (C=O) groups excluding carboxylic acids is 1. The molecule has 0 saturated heterocycles. The van der Waals surface area contributed by atoms with E-state index in [4.69, 9.17) is 9.47 Å². The molecular weight excluding hydrogens is 552 g/mol. The third-order valence-electron chi connectivity index (χ3n) is 5.23.